The van der Waals surface area contributed by atoms with Gasteiger partial charge in [-0.05, 0) is 48.4 Å². The first-order valence-corrected chi connectivity index (χ1v) is 9.61. The summed E-state index contributed by atoms with van der Waals surface area (Å²) in [5.74, 6) is -0.897. The molecule has 0 aliphatic carbocycles. The molecular formula is C21H22ClN3O4. The number of hydrogen-bond donors (Lipinski definition) is 1. The fourth-order valence-corrected chi connectivity index (χ4v) is 3.22. The topological polar surface area (TPSA) is 79.0 Å². The van der Waals surface area contributed by atoms with Crippen molar-refractivity contribution in [3.63, 3.8) is 0 Å². The number of amides is 3. The second kappa shape index (κ2) is 9.43. The third kappa shape index (κ3) is 5.26. The minimum atomic E-state index is -0.519. The SMILES string of the molecule is COC(=O)CNC(=O)c1ccc(N2CCCN(Cc3ccc(Cl)cc3)C2=O)cc1. The van der Waals surface area contributed by atoms with Crippen molar-refractivity contribution in [1.82, 2.24) is 10.2 Å². The molecular weight excluding hydrogens is 394 g/mol. The number of urea groups is 1. The predicted octanol–water partition coefficient (Wildman–Crippen LogP) is 3.08. The molecule has 0 unspecified atom stereocenters. The summed E-state index contributed by atoms with van der Waals surface area (Å²) < 4.78 is 4.50. The Kier molecular flexibility index (Phi) is 6.72. The molecule has 1 aliphatic heterocycles. The van der Waals surface area contributed by atoms with Gasteiger partial charge in [0, 0.05) is 35.9 Å². The Hall–Kier alpha value is -3.06. The number of anilines is 1. The minimum absolute atomic E-state index is 0.0749. The van der Waals surface area contributed by atoms with Crippen molar-refractivity contribution >= 4 is 35.2 Å². The molecule has 2 aromatic rings. The van der Waals surface area contributed by atoms with E-state index in [1.54, 1.807) is 34.1 Å². The molecule has 3 rings (SSSR count). The first-order chi connectivity index (χ1) is 14.0. The molecule has 1 N–H and O–H groups in total. The number of benzene rings is 2. The minimum Gasteiger partial charge on any atom is -0.468 e. The predicted molar refractivity (Wildman–Crippen MR) is 110 cm³/mol. The average molecular weight is 416 g/mol. The molecule has 2 aromatic carbocycles. The van der Waals surface area contributed by atoms with Gasteiger partial charge >= 0.3 is 12.0 Å². The van der Waals surface area contributed by atoms with E-state index in [1.807, 2.05) is 24.3 Å². The summed E-state index contributed by atoms with van der Waals surface area (Å²) in [6.45, 7) is 1.62. The van der Waals surface area contributed by atoms with Crippen LogP contribution in [-0.2, 0) is 16.1 Å². The second-order valence-corrected chi connectivity index (χ2v) is 7.08. The summed E-state index contributed by atoms with van der Waals surface area (Å²) in [6, 6.07) is 14.1. The highest BCUT2D eigenvalue weighted by molar-refractivity contribution is 6.30. The number of methoxy groups -OCH3 is 1. The van der Waals surface area contributed by atoms with Gasteiger partial charge in [-0.3, -0.25) is 14.5 Å². The van der Waals surface area contributed by atoms with E-state index in [0.29, 0.717) is 30.2 Å². The van der Waals surface area contributed by atoms with Crippen molar-refractivity contribution in [2.24, 2.45) is 0 Å². The maximum absolute atomic E-state index is 12.9. The van der Waals surface area contributed by atoms with Crippen molar-refractivity contribution in [3.05, 3.63) is 64.7 Å². The lowest BCUT2D eigenvalue weighted by atomic mass is 10.1. The van der Waals surface area contributed by atoms with Gasteiger partial charge in [0.25, 0.3) is 5.91 Å². The van der Waals surface area contributed by atoms with Gasteiger partial charge in [-0.1, -0.05) is 23.7 Å². The highest BCUT2D eigenvalue weighted by Crippen LogP contribution is 2.22. The summed E-state index contributed by atoms with van der Waals surface area (Å²) in [6.07, 6.45) is 0.848. The molecule has 1 fully saturated rings. The van der Waals surface area contributed by atoms with Crippen LogP contribution in [0.3, 0.4) is 0 Å². The van der Waals surface area contributed by atoms with E-state index in [9.17, 15) is 14.4 Å². The number of esters is 1. The Labute approximate surface area is 174 Å². The first kappa shape index (κ1) is 20.7. The van der Waals surface area contributed by atoms with Crippen LogP contribution in [0.25, 0.3) is 0 Å². The molecule has 0 radical (unpaired) electrons. The monoisotopic (exact) mass is 415 g/mol. The maximum atomic E-state index is 12.9. The Bertz CT molecular complexity index is 884. The third-order valence-electron chi connectivity index (χ3n) is 4.66. The normalized spacial score (nSPS) is 13.9. The molecule has 8 heteroatoms. The lowest BCUT2D eigenvalue weighted by molar-refractivity contribution is -0.139. The number of hydrogen-bond acceptors (Lipinski definition) is 4. The largest absolute Gasteiger partial charge is 0.468 e. The summed E-state index contributed by atoms with van der Waals surface area (Å²) in [5.41, 5.74) is 2.14. The van der Waals surface area contributed by atoms with Crippen LogP contribution in [0.15, 0.2) is 48.5 Å². The van der Waals surface area contributed by atoms with E-state index < -0.39 is 5.97 Å². The van der Waals surface area contributed by atoms with Gasteiger partial charge in [0.1, 0.15) is 6.54 Å². The fraction of sp³-hybridized carbons (Fsp3) is 0.286. The smallest absolute Gasteiger partial charge is 0.325 e. The zero-order chi connectivity index (χ0) is 20.8. The van der Waals surface area contributed by atoms with Crippen molar-refractivity contribution in [2.75, 3.05) is 31.6 Å². The molecule has 0 spiro atoms. The van der Waals surface area contributed by atoms with Gasteiger partial charge < -0.3 is 15.0 Å². The maximum Gasteiger partial charge on any atom is 0.325 e. The Morgan fingerprint density at radius 3 is 2.41 bits per heavy atom. The molecule has 0 aromatic heterocycles. The number of nitrogens with one attached hydrogen (secondary N) is 1. The van der Waals surface area contributed by atoms with Crippen molar-refractivity contribution in [2.45, 2.75) is 13.0 Å². The van der Waals surface area contributed by atoms with Gasteiger partial charge in [0.2, 0.25) is 0 Å². The van der Waals surface area contributed by atoms with Crippen LogP contribution >= 0.6 is 11.6 Å². The Morgan fingerprint density at radius 2 is 1.76 bits per heavy atom. The van der Waals surface area contributed by atoms with Crippen LogP contribution in [0.5, 0.6) is 0 Å². The fourth-order valence-electron chi connectivity index (χ4n) is 3.10. The zero-order valence-electron chi connectivity index (χ0n) is 16.1. The van der Waals surface area contributed by atoms with E-state index in [2.05, 4.69) is 10.1 Å². The first-order valence-electron chi connectivity index (χ1n) is 9.24. The van der Waals surface area contributed by atoms with Gasteiger partial charge in [-0.2, -0.15) is 0 Å². The van der Waals surface area contributed by atoms with E-state index in [-0.39, 0.29) is 18.5 Å². The molecule has 1 aliphatic rings. The lowest BCUT2D eigenvalue weighted by Gasteiger charge is -2.35. The standard InChI is InChI=1S/C21H22ClN3O4/c1-29-19(26)13-23-20(27)16-5-9-18(10-6-16)25-12-2-11-24(21(25)28)14-15-3-7-17(22)8-4-15/h3-10H,2,11-14H2,1H3,(H,23,27). The van der Waals surface area contributed by atoms with Crippen molar-refractivity contribution in [1.29, 1.82) is 0 Å². The summed E-state index contributed by atoms with van der Waals surface area (Å²) in [4.78, 5) is 39.6. The van der Waals surface area contributed by atoms with Gasteiger partial charge in [0.05, 0.1) is 7.11 Å². The average Bonchev–Trinajstić information content (AvgIpc) is 2.75. The van der Waals surface area contributed by atoms with Crippen LogP contribution < -0.4 is 10.2 Å². The second-order valence-electron chi connectivity index (χ2n) is 6.64. The van der Waals surface area contributed by atoms with Crippen LogP contribution in [0.1, 0.15) is 22.3 Å². The van der Waals surface area contributed by atoms with E-state index in [1.165, 1.54) is 7.11 Å². The number of carbonyl (C=O) groups excluding carboxylic acids is 3. The van der Waals surface area contributed by atoms with E-state index >= 15 is 0 Å². The number of carbonyl (C=O) groups is 3. The number of halogens is 1. The highest BCUT2D eigenvalue weighted by Gasteiger charge is 2.26. The van der Waals surface area contributed by atoms with Crippen LogP contribution in [0.4, 0.5) is 10.5 Å². The molecule has 152 valence electrons. The van der Waals surface area contributed by atoms with Crippen molar-refractivity contribution in [3.8, 4) is 0 Å². The number of nitrogens with zero attached hydrogens (tertiary/aromatic N) is 2. The van der Waals surface area contributed by atoms with Crippen LogP contribution in [0, 0.1) is 0 Å². The van der Waals surface area contributed by atoms with E-state index in [0.717, 1.165) is 17.7 Å². The summed E-state index contributed by atoms with van der Waals surface area (Å²) in [7, 11) is 1.26. The number of rotatable bonds is 6. The third-order valence-corrected chi connectivity index (χ3v) is 4.91. The van der Waals surface area contributed by atoms with Gasteiger partial charge in [-0.25, -0.2) is 4.79 Å². The molecule has 0 atom stereocenters. The Morgan fingerprint density at radius 1 is 1.07 bits per heavy atom. The zero-order valence-corrected chi connectivity index (χ0v) is 16.8. The van der Waals surface area contributed by atoms with Crippen LogP contribution in [-0.4, -0.2) is 49.6 Å². The summed E-state index contributed by atoms with van der Waals surface area (Å²) >= 11 is 5.92. The highest BCUT2D eigenvalue weighted by atomic mass is 35.5. The van der Waals surface area contributed by atoms with Gasteiger partial charge in [-0.15, -0.1) is 0 Å². The molecule has 1 heterocycles. The molecule has 3 amide bonds. The van der Waals surface area contributed by atoms with E-state index in [4.69, 9.17) is 11.6 Å². The number of ether oxygens (including phenoxy) is 1. The van der Waals surface area contributed by atoms with Gasteiger partial charge in [0.15, 0.2) is 0 Å². The van der Waals surface area contributed by atoms with Crippen molar-refractivity contribution < 1.29 is 19.1 Å². The quantitative estimate of drug-likeness (QED) is 0.735. The molecule has 1 saturated heterocycles. The molecule has 0 bridgehead atoms. The Balaban J connectivity index is 1.64. The molecule has 7 nitrogen and oxygen atoms in total. The summed E-state index contributed by atoms with van der Waals surface area (Å²) in [5, 5.41) is 3.15. The molecule has 29 heavy (non-hydrogen) atoms. The van der Waals surface area contributed by atoms with Crippen LogP contribution in [0.2, 0.25) is 5.02 Å². The molecule has 0 saturated carbocycles. The lowest BCUT2D eigenvalue weighted by Crippen LogP contribution is -2.49.